The molecule has 4 heteroatoms. The summed E-state index contributed by atoms with van der Waals surface area (Å²) in [6.45, 7) is 0. The fourth-order valence-electron chi connectivity index (χ4n) is 1.07. The van der Waals surface area contributed by atoms with E-state index < -0.39 is 0 Å². The van der Waals surface area contributed by atoms with Gasteiger partial charge in [-0.25, -0.2) is 4.98 Å². The number of hydrogen-bond donors (Lipinski definition) is 0. The van der Waals surface area contributed by atoms with Gasteiger partial charge in [-0.3, -0.25) is 4.79 Å². The fraction of sp³-hybridized carbons (Fsp3) is 0. The molecular formula is C8H5IN2O. The molecule has 0 unspecified atom stereocenters. The minimum absolute atomic E-state index is 0.494. The van der Waals surface area contributed by atoms with Crippen molar-refractivity contribution < 1.29 is 4.79 Å². The molecule has 60 valence electrons. The number of carbonyl (C=O) groups is 1. The molecule has 12 heavy (non-hydrogen) atoms. The van der Waals surface area contributed by atoms with Gasteiger partial charge >= 0.3 is 0 Å². The Kier molecular flexibility index (Phi) is 1.84. The Bertz CT molecular complexity index is 436. The maximum atomic E-state index is 10.5. The highest BCUT2D eigenvalue weighted by Gasteiger charge is 2.01. The number of carbonyl (C=O) groups excluding carboxylic acids is 1. The first-order valence-electron chi connectivity index (χ1n) is 3.38. The lowest BCUT2D eigenvalue weighted by Crippen LogP contribution is -1.84. The predicted octanol–water partition coefficient (Wildman–Crippen LogP) is 1.75. The van der Waals surface area contributed by atoms with Gasteiger partial charge in [0.1, 0.15) is 12.0 Å². The van der Waals surface area contributed by atoms with Gasteiger partial charge in [-0.05, 0) is 34.7 Å². The van der Waals surface area contributed by atoms with E-state index in [-0.39, 0.29) is 0 Å². The van der Waals surface area contributed by atoms with Crippen molar-refractivity contribution in [1.29, 1.82) is 0 Å². The van der Waals surface area contributed by atoms with Crippen LogP contribution < -0.4 is 0 Å². The molecule has 0 aromatic carbocycles. The minimum atomic E-state index is 0.494. The highest BCUT2D eigenvalue weighted by Crippen LogP contribution is 2.11. The zero-order valence-electron chi connectivity index (χ0n) is 6.07. The molecule has 0 atom stereocenters. The average molecular weight is 272 g/mol. The molecule has 2 heterocycles. The Morgan fingerprint density at radius 2 is 2.42 bits per heavy atom. The SMILES string of the molecule is O=Cc1ncn2ccc(I)cc12. The van der Waals surface area contributed by atoms with Crippen LogP contribution in [0.2, 0.25) is 0 Å². The lowest BCUT2D eigenvalue weighted by molar-refractivity contribution is 0.112. The number of nitrogens with zero attached hydrogens (tertiary/aromatic N) is 2. The smallest absolute Gasteiger partial charge is 0.170 e. The summed E-state index contributed by atoms with van der Waals surface area (Å²) in [5, 5.41) is 0. The average Bonchev–Trinajstić information content (AvgIpc) is 2.46. The van der Waals surface area contributed by atoms with Crippen LogP contribution in [0.5, 0.6) is 0 Å². The van der Waals surface area contributed by atoms with E-state index in [9.17, 15) is 4.79 Å². The molecule has 0 amide bonds. The van der Waals surface area contributed by atoms with Crippen LogP contribution in [0, 0.1) is 3.57 Å². The van der Waals surface area contributed by atoms with E-state index in [0.717, 1.165) is 15.4 Å². The van der Waals surface area contributed by atoms with Crippen LogP contribution in [0.25, 0.3) is 5.52 Å². The summed E-state index contributed by atoms with van der Waals surface area (Å²) in [5.41, 5.74) is 1.35. The van der Waals surface area contributed by atoms with Crippen molar-refractivity contribution in [2.24, 2.45) is 0 Å². The zero-order valence-corrected chi connectivity index (χ0v) is 8.22. The van der Waals surface area contributed by atoms with Gasteiger partial charge in [0.2, 0.25) is 0 Å². The van der Waals surface area contributed by atoms with Gasteiger partial charge in [-0.1, -0.05) is 0 Å². The quantitative estimate of drug-likeness (QED) is 0.585. The first kappa shape index (κ1) is 7.72. The third-order valence-corrected chi connectivity index (χ3v) is 2.31. The van der Waals surface area contributed by atoms with Gasteiger partial charge in [-0.15, -0.1) is 0 Å². The zero-order chi connectivity index (χ0) is 8.55. The van der Waals surface area contributed by atoms with E-state index in [4.69, 9.17) is 0 Å². The number of imidazole rings is 1. The first-order chi connectivity index (χ1) is 5.81. The monoisotopic (exact) mass is 272 g/mol. The summed E-state index contributed by atoms with van der Waals surface area (Å²) in [7, 11) is 0. The molecule has 2 rings (SSSR count). The molecule has 0 aliphatic rings. The normalized spacial score (nSPS) is 10.4. The molecule has 0 N–H and O–H groups in total. The Balaban J connectivity index is 2.83. The number of aldehydes is 1. The molecule has 0 saturated carbocycles. The molecule has 0 radical (unpaired) electrons. The summed E-state index contributed by atoms with van der Waals surface area (Å²) < 4.78 is 2.93. The number of rotatable bonds is 1. The van der Waals surface area contributed by atoms with Crippen molar-refractivity contribution in [3.8, 4) is 0 Å². The van der Waals surface area contributed by atoms with E-state index in [2.05, 4.69) is 27.6 Å². The Morgan fingerprint density at radius 1 is 1.58 bits per heavy atom. The topological polar surface area (TPSA) is 34.4 Å². The molecule has 0 fully saturated rings. The van der Waals surface area contributed by atoms with Crippen molar-refractivity contribution in [2.45, 2.75) is 0 Å². The van der Waals surface area contributed by atoms with Crippen molar-refractivity contribution in [3.63, 3.8) is 0 Å². The molecule has 3 nitrogen and oxygen atoms in total. The van der Waals surface area contributed by atoms with Gasteiger partial charge in [0.15, 0.2) is 6.29 Å². The molecule has 2 aromatic rings. The van der Waals surface area contributed by atoms with Gasteiger partial charge in [-0.2, -0.15) is 0 Å². The first-order valence-corrected chi connectivity index (χ1v) is 4.46. The molecule has 0 saturated heterocycles. The molecule has 0 aliphatic heterocycles. The molecule has 0 aliphatic carbocycles. The van der Waals surface area contributed by atoms with Crippen LogP contribution in [-0.2, 0) is 0 Å². The van der Waals surface area contributed by atoms with Gasteiger partial charge < -0.3 is 4.40 Å². The summed E-state index contributed by atoms with van der Waals surface area (Å²) in [6, 6.07) is 3.89. The van der Waals surface area contributed by atoms with E-state index in [1.54, 1.807) is 6.33 Å². The maximum absolute atomic E-state index is 10.5. The molecular weight excluding hydrogens is 267 g/mol. The van der Waals surface area contributed by atoms with Crippen molar-refractivity contribution in [3.05, 3.63) is 33.9 Å². The number of fused-ring (bicyclic) bond motifs is 1. The lowest BCUT2D eigenvalue weighted by atomic mass is 10.3. The minimum Gasteiger partial charge on any atom is -0.305 e. The fourth-order valence-corrected chi connectivity index (χ4v) is 1.53. The van der Waals surface area contributed by atoms with Crippen molar-refractivity contribution >= 4 is 34.4 Å². The number of pyridine rings is 1. The van der Waals surface area contributed by atoms with E-state index in [1.165, 1.54) is 0 Å². The summed E-state index contributed by atoms with van der Waals surface area (Å²) >= 11 is 2.20. The van der Waals surface area contributed by atoms with Crippen LogP contribution in [0.4, 0.5) is 0 Å². The molecule has 0 bridgehead atoms. The second kappa shape index (κ2) is 2.85. The summed E-state index contributed by atoms with van der Waals surface area (Å²) in [6.07, 6.45) is 4.29. The van der Waals surface area contributed by atoms with Crippen molar-refractivity contribution in [2.75, 3.05) is 0 Å². The van der Waals surface area contributed by atoms with Crippen LogP contribution in [0.3, 0.4) is 0 Å². The summed E-state index contributed by atoms with van der Waals surface area (Å²) in [4.78, 5) is 14.5. The van der Waals surface area contributed by atoms with Crippen LogP contribution >= 0.6 is 22.6 Å². The Hall–Kier alpha value is -0.910. The highest BCUT2D eigenvalue weighted by molar-refractivity contribution is 14.1. The largest absolute Gasteiger partial charge is 0.305 e. The number of halogens is 1. The standard InChI is InChI=1S/C8H5IN2O/c9-6-1-2-11-5-10-7(4-12)8(11)3-6/h1-5H. The predicted molar refractivity (Wildman–Crippen MR) is 53.3 cm³/mol. The van der Waals surface area contributed by atoms with Crippen LogP contribution in [0.1, 0.15) is 10.5 Å². The van der Waals surface area contributed by atoms with Gasteiger partial charge in [0, 0.05) is 9.77 Å². The van der Waals surface area contributed by atoms with E-state index >= 15 is 0 Å². The molecule has 0 spiro atoms. The van der Waals surface area contributed by atoms with Gasteiger partial charge in [0.25, 0.3) is 0 Å². The Morgan fingerprint density at radius 3 is 3.17 bits per heavy atom. The number of aromatic nitrogens is 2. The second-order valence-corrected chi connectivity index (χ2v) is 3.63. The van der Waals surface area contributed by atoms with Gasteiger partial charge in [0.05, 0.1) is 5.52 Å². The Labute approximate surface area is 82.6 Å². The molecule has 2 aromatic heterocycles. The van der Waals surface area contributed by atoms with Crippen LogP contribution in [-0.4, -0.2) is 15.7 Å². The second-order valence-electron chi connectivity index (χ2n) is 2.39. The highest BCUT2D eigenvalue weighted by atomic mass is 127. The number of hydrogen-bond acceptors (Lipinski definition) is 2. The third-order valence-electron chi connectivity index (χ3n) is 1.64. The van der Waals surface area contributed by atoms with E-state index in [0.29, 0.717) is 5.69 Å². The van der Waals surface area contributed by atoms with E-state index in [1.807, 2.05) is 22.7 Å². The maximum Gasteiger partial charge on any atom is 0.170 e. The lowest BCUT2D eigenvalue weighted by Gasteiger charge is -1.93. The summed E-state index contributed by atoms with van der Waals surface area (Å²) in [5.74, 6) is 0. The third kappa shape index (κ3) is 1.12. The van der Waals surface area contributed by atoms with Crippen LogP contribution in [0.15, 0.2) is 24.7 Å². The van der Waals surface area contributed by atoms with Crippen molar-refractivity contribution in [1.82, 2.24) is 9.38 Å².